The molecule has 1 aliphatic heterocycles. The van der Waals surface area contributed by atoms with E-state index in [1.807, 2.05) is 12.1 Å². The highest BCUT2D eigenvalue weighted by Crippen LogP contribution is 2.56. The lowest BCUT2D eigenvalue weighted by atomic mass is 9.85. The Morgan fingerprint density at radius 1 is 0.971 bits per heavy atom. The fraction of sp³-hybridized carbons (Fsp3) is 0.406. The molecule has 2 heteroatoms. The standard InChI is InChI=1S/C32H36N2/c1-20(2)6-8-24-15-27(16-25-9-7-22(19-33)14-28(24)25)30-18-29(30)26-11-10-23-12-13-34(5)32(21(3)4)31(23)17-26/h6-11,14-17,20-21,29-30,32H,12-13,18H2,1-5H3/b8-6+. The zero-order valence-electron chi connectivity index (χ0n) is 21.2. The van der Waals surface area contributed by atoms with E-state index in [2.05, 4.69) is 94.3 Å². The minimum Gasteiger partial charge on any atom is -0.299 e. The van der Waals surface area contributed by atoms with E-state index in [0.717, 1.165) is 18.5 Å². The first-order chi connectivity index (χ1) is 16.4. The molecule has 1 aliphatic carbocycles. The molecule has 0 bridgehead atoms. The van der Waals surface area contributed by atoms with Crippen molar-refractivity contribution in [2.75, 3.05) is 13.6 Å². The largest absolute Gasteiger partial charge is 0.299 e. The number of hydrogen-bond donors (Lipinski definition) is 0. The lowest BCUT2D eigenvalue weighted by Gasteiger charge is -2.37. The summed E-state index contributed by atoms with van der Waals surface area (Å²) >= 11 is 0. The van der Waals surface area contributed by atoms with Crippen molar-refractivity contribution >= 4 is 16.8 Å². The molecule has 5 rings (SSSR count). The Hall–Kier alpha value is -2.89. The Labute approximate surface area is 204 Å². The molecule has 1 saturated carbocycles. The van der Waals surface area contributed by atoms with Crippen LogP contribution in [0.1, 0.15) is 85.4 Å². The first-order valence-electron chi connectivity index (χ1n) is 12.8. The zero-order valence-corrected chi connectivity index (χ0v) is 21.2. The van der Waals surface area contributed by atoms with Gasteiger partial charge < -0.3 is 0 Å². The molecule has 3 unspecified atom stereocenters. The van der Waals surface area contributed by atoms with Crippen molar-refractivity contribution in [3.05, 3.63) is 88.0 Å². The molecule has 1 heterocycles. The molecule has 2 nitrogen and oxygen atoms in total. The van der Waals surface area contributed by atoms with Crippen molar-refractivity contribution in [1.29, 1.82) is 5.26 Å². The van der Waals surface area contributed by atoms with Crippen molar-refractivity contribution in [3.8, 4) is 6.07 Å². The third-order valence-electron chi connectivity index (χ3n) is 7.77. The van der Waals surface area contributed by atoms with Crippen LogP contribution in [0.4, 0.5) is 0 Å². The van der Waals surface area contributed by atoms with Gasteiger partial charge in [0.1, 0.15) is 0 Å². The predicted molar refractivity (Wildman–Crippen MR) is 143 cm³/mol. The highest BCUT2D eigenvalue weighted by Gasteiger charge is 2.40. The monoisotopic (exact) mass is 448 g/mol. The van der Waals surface area contributed by atoms with Crippen molar-refractivity contribution in [1.82, 2.24) is 4.90 Å². The summed E-state index contributed by atoms with van der Waals surface area (Å²) in [7, 11) is 2.28. The third kappa shape index (κ3) is 4.30. The smallest absolute Gasteiger partial charge is 0.0991 e. The number of benzene rings is 3. The summed E-state index contributed by atoms with van der Waals surface area (Å²) in [5, 5.41) is 11.8. The van der Waals surface area contributed by atoms with Crippen molar-refractivity contribution < 1.29 is 0 Å². The maximum atomic E-state index is 9.40. The van der Waals surface area contributed by atoms with Crippen LogP contribution in [-0.2, 0) is 6.42 Å². The predicted octanol–water partition coefficient (Wildman–Crippen LogP) is 7.84. The Bertz CT molecular complexity index is 1290. The molecule has 3 aromatic carbocycles. The number of nitriles is 1. The molecule has 174 valence electrons. The Morgan fingerprint density at radius 3 is 2.50 bits per heavy atom. The molecule has 34 heavy (non-hydrogen) atoms. The number of fused-ring (bicyclic) bond motifs is 2. The minimum atomic E-state index is 0.494. The summed E-state index contributed by atoms with van der Waals surface area (Å²) < 4.78 is 0. The molecular weight excluding hydrogens is 412 g/mol. The number of allylic oxidation sites excluding steroid dienone is 1. The number of hydrogen-bond acceptors (Lipinski definition) is 2. The molecule has 0 radical (unpaired) electrons. The fourth-order valence-electron chi connectivity index (χ4n) is 5.95. The molecule has 0 amide bonds. The van der Waals surface area contributed by atoms with E-state index < -0.39 is 0 Å². The van der Waals surface area contributed by atoms with Gasteiger partial charge in [-0.3, -0.25) is 4.90 Å². The van der Waals surface area contributed by atoms with E-state index >= 15 is 0 Å². The summed E-state index contributed by atoms with van der Waals surface area (Å²) in [6.45, 7) is 10.3. The Balaban J connectivity index is 1.49. The normalized spacial score (nSPS) is 22.5. The van der Waals surface area contributed by atoms with Crippen LogP contribution in [0.2, 0.25) is 0 Å². The van der Waals surface area contributed by atoms with Gasteiger partial charge in [0, 0.05) is 12.6 Å². The van der Waals surface area contributed by atoms with Crippen molar-refractivity contribution in [2.45, 2.75) is 58.4 Å². The van der Waals surface area contributed by atoms with Gasteiger partial charge in [0.15, 0.2) is 0 Å². The maximum Gasteiger partial charge on any atom is 0.0991 e. The highest BCUT2D eigenvalue weighted by atomic mass is 15.1. The third-order valence-corrected chi connectivity index (χ3v) is 7.77. The average molecular weight is 449 g/mol. The van der Waals surface area contributed by atoms with Gasteiger partial charge in [-0.15, -0.1) is 0 Å². The SMILES string of the molecule is CC(C)/C=C/c1cc(C2CC2c2ccc3c(c2)C(C(C)C)N(C)CC3)cc2ccc(C#N)cc12. The number of rotatable bonds is 5. The summed E-state index contributed by atoms with van der Waals surface area (Å²) in [5.41, 5.74) is 7.98. The fourth-order valence-corrected chi connectivity index (χ4v) is 5.95. The summed E-state index contributed by atoms with van der Waals surface area (Å²) in [6.07, 6.45) is 6.88. The first-order valence-corrected chi connectivity index (χ1v) is 12.8. The van der Waals surface area contributed by atoms with E-state index in [-0.39, 0.29) is 0 Å². The number of likely N-dealkylation sites (N-methyl/N-ethyl adjacent to an activating group) is 1. The van der Waals surface area contributed by atoms with Crippen LogP contribution in [-0.4, -0.2) is 18.5 Å². The lowest BCUT2D eigenvalue weighted by molar-refractivity contribution is 0.181. The van der Waals surface area contributed by atoms with Crippen molar-refractivity contribution in [3.63, 3.8) is 0 Å². The van der Waals surface area contributed by atoms with Crippen LogP contribution in [0.3, 0.4) is 0 Å². The molecule has 0 aromatic heterocycles. The molecule has 0 saturated heterocycles. The molecule has 2 aliphatic rings. The lowest BCUT2D eigenvalue weighted by Crippen LogP contribution is -2.35. The highest BCUT2D eigenvalue weighted by molar-refractivity contribution is 5.92. The van der Waals surface area contributed by atoms with Crippen LogP contribution in [0.5, 0.6) is 0 Å². The van der Waals surface area contributed by atoms with E-state index in [0.29, 0.717) is 29.7 Å². The summed E-state index contributed by atoms with van der Waals surface area (Å²) in [6, 6.07) is 21.0. The quantitative estimate of drug-likeness (QED) is 0.397. The topological polar surface area (TPSA) is 27.0 Å². The summed E-state index contributed by atoms with van der Waals surface area (Å²) in [5.74, 6) is 2.28. The molecule has 3 atom stereocenters. The molecule has 3 aromatic rings. The average Bonchev–Trinajstić information content (AvgIpc) is 3.62. The van der Waals surface area contributed by atoms with E-state index in [9.17, 15) is 5.26 Å². The van der Waals surface area contributed by atoms with Crippen LogP contribution in [0, 0.1) is 23.2 Å². The molecular formula is C32H36N2. The van der Waals surface area contributed by atoms with Gasteiger partial charge in [0.25, 0.3) is 0 Å². The van der Waals surface area contributed by atoms with Gasteiger partial charge >= 0.3 is 0 Å². The van der Waals surface area contributed by atoms with Gasteiger partial charge in [-0.25, -0.2) is 0 Å². The van der Waals surface area contributed by atoms with Crippen LogP contribution < -0.4 is 0 Å². The Kier molecular flexibility index (Phi) is 6.09. The zero-order chi connectivity index (χ0) is 24.0. The number of nitrogens with zero attached hydrogens (tertiary/aromatic N) is 2. The van der Waals surface area contributed by atoms with Gasteiger partial charge in [0.2, 0.25) is 0 Å². The first kappa shape index (κ1) is 22.9. The maximum absolute atomic E-state index is 9.40. The van der Waals surface area contributed by atoms with E-state index in [1.165, 1.54) is 39.4 Å². The van der Waals surface area contributed by atoms with Gasteiger partial charge in [0.05, 0.1) is 11.6 Å². The van der Waals surface area contributed by atoms with Crippen molar-refractivity contribution in [2.24, 2.45) is 11.8 Å². The second kappa shape index (κ2) is 9.05. The van der Waals surface area contributed by atoms with Gasteiger partial charge in [-0.2, -0.15) is 5.26 Å². The van der Waals surface area contributed by atoms with Gasteiger partial charge in [-0.1, -0.05) is 76.2 Å². The summed E-state index contributed by atoms with van der Waals surface area (Å²) in [4.78, 5) is 2.54. The van der Waals surface area contributed by atoms with Gasteiger partial charge in [-0.05, 0) is 94.3 Å². The second-order valence-electron chi connectivity index (χ2n) is 11.1. The molecule has 0 spiro atoms. The Morgan fingerprint density at radius 2 is 1.76 bits per heavy atom. The van der Waals surface area contributed by atoms with Crippen LogP contribution >= 0.6 is 0 Å². The van der Waals surface area contributed by atoms with Crippen LogP contribution in [0.25, 0.3) is 16.8 Å². The van der Waals surface area contributed by atoms with E-state index in [4.69, 9.17) is 0 Å². The molecule has 0 N–H and O–H groups in total. The second-order valence-corrected chi connectivity index (χ2v) is 11.1. The molecule has 1 fully saturated rings. The van der Waals surface area contributed by atoms with Crippen LogP contribution in [0.15, 0.2) is 54.6 Å². The van der Waals surface area contributed by atoms with E-state index in [1.54, 1.807) is 5.56 Å². The minimum absolute atomic E-state index is 0.494.